The lowest BCUT2D eigenvalue weighted by molar-refractivity contribution is 0.232. The number of fused-ring (bicyclic) bond motifs is 1. The molecule has 1 fully saturated rings. The summed E-state index contributed by atoms with van der Waals surface area (Å²) in [5.41, 5.74) is 9.28. The fraction of sp³-hybridized carbons (Fsp3) is 0.318. The molecule has 1 aliphatic heterocycles. The molecule has 0 atom stereocenters. The molecule has 2 aromatic heterocycles. The van der Waals surface area contributed by atoms with Crippen LogP contribution in [0, 0.1) is 5.41 Å². The Bertz CT molecular complexity index is 1000. The third-order valence-electron chi connectivity index (χ3n) is 6.11. The number of rotatable bonds is 3. The molecule has 0 saturated carbocycles. The van der Waals surface area contributed by atoms with Gasteiger partial charge in [-0.15, -0.1) is 0 Å². The summed E-state index contributed by atoms with van der Waals surface area (Å²) < 4.78 is 0. The van der Waals surface area contributed by atoms with Gasteiger partial charge >= 0.3 is 0 Å². The van der Waals surface area contributed by atoms with E-state index < -0.39 is 0 Å². The van der Waals surface area contributed by atoms with Crippen LogP contribution >= 0.6 is 23.4 Å². The zero-order valence-corrected chi connectivity index (χ0v) is 17.6. The third kappa shape index (κ3) is 3.67. The first kappa shape index (κ1) is 18.7. The Labute approximate surface area is 179 Å². The average Bonchev–Trinajstić information content (AvgIpc) is 3.10. The van der Waals surface area contributed by atoms with Gasteiger partial charge in [0.25, 0.3) is 0 Å². The van der Waals surface area contributed by atoms with E-state index >= 15 is 0 Å². The molecule has 29 heavy (non-hydrogen) atoms. The molecule has 0 amide bonds. The minimum Gasteiger partial charge on any atom is -0.382 e. The number of hydrogen-bond acceptors (Lipinski definition) is 6. The Balaban J connectivity index is 1.24. The molecule has 148 valence electrons. The molecule has 3 aromatic rings. The van der Waals surface area contributed by atoms with E-state index in [-0.39, 0.29) is 0 Å². The van der Waals surface area contributed by atoms with E-state index in [4.69, 9.17) is 17.3 Å². The van der Waals surface area contributed by atoms with E-state index in [1.807, 2.05) is 18.5 Å². The fourth-order valence-corrected chi connectivity index (χ4v) is 5.48. The van der Waals surface area contributed by atoms with Gasteiger partial charge in [0.1, 0.15) is 16.7 Å². The SMILES string of the molecule is Nc1nccc(Sc2cnc(N3CCC4(CC3)Cc3ccccc3C4)cn2)c1Cl. The second kappa shape index (κ2) is 7.50. The highest BCUT2D eigenvalue weighted by molar-refractivity contribution is 7.99. The van der Waals surface area contributed by atoms with Crippen molar-refractivity contribution in [1.82, 2.24) is 15.0 Å². The van der Waals surface area contributed by atoms with Crippen LogP contribution in [-0.4, -0.2) is 28.0 Å². The van der Waals surface area contributed by atoms with Crippen LogP contribution < -0.4 is 10.6 Å². The second-order valence-electron chi connectivity index (χ2n) is 7.93. The lowest BCUT2D eigenvalue weighted by atomic mass is 9.76. The summed E-state index contributed by atoms with van der Waals surface area (Å²) in [6.45, 7) is 2.06. The summed E-state index contributed by atoms with van der Waals surface area (Å²) in [6, 6.07) is 10.7. The van der Waals surface area contributed by atoms with Crippen molar-refractivity contribution in [3.8, 4) is 0 Å². The molecular formula is C22H22ClN5S. The minimum absolute atomic E-state index is 0.331. The van der Waals surface area contributed by atoms with E-state index in [0.29, 0.717) is 16.3 Å². The summed E-state index contributed by atoms with van der Waals surface area (Å²) in [7, 11) is 0. The lowest BCUT2D eigenvalue weighted by Crippen LogP contribution is -2.41. The lowest BCUT2D eigenvalue weighted by Gasteiger charge is -2.39. The van der Waals surface area contributed by atoms with Crippen molar-refractivity contribution in [2.24, 2.45) is 5.41 Å². The Kier molecular flexibility index (Phi) is 4.84. The number of aromatic nitrogens is 3. The molecule has 0 radical (unpaired) electrons. The van der Waals surface area contributed by atoms with Crippen LogP contribution in [0.25, 0.3) is 0 Å². The van der Waals surface area contributed by atoms with Crippen molar-refractivity contribution < 1.29 is 0 Å². The highest BCUT2D eigenvalue weighted by Crippen LogP contribution is 2.45. The van der Waals surface area contributed by atoms with Crippen molar-refractivity contribution in [3.63, 3.8) is 0 Å². The monoisotopic (exact) mass is 423 g/mol. The Morgan fingerprint density at radius 1 is 0.966 bits per heavy atom. The van der Waals surface area contributed by atoms with Crippen molar-refractivity contribution in [1.29, 1.82) is 0 Å². The number of anilines is 2. The number of nitrogens with two attached hydrogens (primary N) is 1. The molecule has 1 aliphatic carbocycles. The van der Waals surface area contributed by atoms with Gasteiger partial charge in [-0.3, -0.25) is 0 Å². The summed E-state index contributed by atoms with van der Waals surface area (Å²) in [6.07, 6.45) is 10.2. The van der Waals surface area contributed by atoms with Crippen LogP contribution in [0.1, 0.15) is 24.0 Å². The molecule has 1 aromatic carbocycles. The number of nitrogens with zero attached hydrogens (tertiary/aromatic N) is 4. The van der Waals surface area contributed by atoms with E-state index in [1.165, 1.54) is 48.6 Å². The number of pyridine rings is 1. The largest absolute Gasteiger partial charge is 0.382 e. The van der Waals surface area contributed by atoms with Crippen LogP contribution in [0.2, 0.25) is 5.02 Å². The van der Waals surface area contributed by atoms with Crippen molar-refractivity contribution in [2.75, 3.05) is 23.7 Å². The maximum Gasteiger partial charge on any atom is 0.147 e. The predicted octanol–water partition coefficient (Wildman–Crippen LogP) is 4.64. The van der Waals surface area contributed by atoms with Crippen molar-refractivity contribution >= 4 is 35.0 Å². The van der Waals surface area contributed by atoms with E-state index in [1.54, 1.807) is 6.20 Å². The topological polar surface area (TPSA) is 67.9 Å². The quantitative estimate of drug-likeness (QED) is 0.661. The van der Waals surface area contributed by atoms with Gasteiger partial charge in [-0.25, -0.2) is 15.0 Å². The number of halogens is 1. The number of hydrogen-bond donors (Lipinski definition) is 1. The minimum atomic E-state index is 0.331. The molecule has 0 bridgehead atoms. The first-order chi connectivity index (χ1) is 14.1. The molecule has 1 spiro atoms. The molecular weight excluding hydrogens is 402 g/mol. The molecule has 0 unspecified atom stereocenters. The first-order valence-corrected chi connectivity index (χ1v) is 11.0. The van der Waals surface area contributed by atoms with Gasteiger partial charge in [0.05, 0.1) is 17.4 Å². The zero-order valence-electron chi connectivity index (χ0n) is 16.0. The standard InChI is InChI=1S/C22H22ClN5S/c23-20-17(5-8-25-21(20)24)29-19-14-26-18(13-27-19)28-9-6-22(7-10-28)11-15-3-1-2-4-16(15)12-22/h1-5,8,13-14H,6-7,9-12H2,(H2,24,25). The Morgan fingerprint density at radius 3 is 2.34 bits per heavy atom. The average molecular weight is 424 g/mol. The molecule has 2 N–H and O–H groups in total. The highest BCUT2D eigenvalue weighted by Gasteiger charge is 2.39. The maximum absolute atomic E-state index is 6.22. The van der Waals surface area contributed by atoms with Gasteiger partial charge in [0, 0.05) is 24.2 Å². The van der Waals surface area contributed by atoms with Gasteiger partial charge in [0.15, 0.2) is 0 Å². The fourth-order valence-electron chi connectivity index (χ4n) is 4.49. The van der Waals surface area contributed by atoms with E-state index in [9.17, 15) is 0 Å². The summed E-state index contributed by atoms with van der Waals surface area (Å²) in [4.78, 5) is 16.4. The normalized spacial score (nSPS) is 17.5. The van der Waals surface area contributed by atoms with Crippen LogP contribution in [0.4, 0.5) is 11.6 Å². The molecule has 5 rings (SSSR count). The Morgan fingerprint density at radius 2 is 1.69 bits per heavy atom. The molecule has 1 saturated heterocycles. The van der Waals surface area contributed by atoms with Crippen LogP contribution in [0.5, 0.6) is 0 Å². The van der Waals surface area contributed by atoms with Crippen LogP contribution in [0.15, 0.2) is 58.8 Å². The Hall–Kier alpha value is -2.31. The second-order valence-corrected chi connectivity index (χ2v) is 9.37. The van der Waals surface area contributed by atoms with Gasteiger partial charge in [-0.2, -0.15) is 0 Å². The van der Waals surface area contributed by atoms with Crippen LogP contribution in [0.3, 0.4) is 0 Å². The summed E-state index contributed by atoms with van der Waals surface area (Å²) >= 11 is 7.67. The van der Waals surface area contributed by atoms with E-state index in [2.05, 4.69) is 44.1 Å². The van der Waals surface area contributed by atoms with E-state index in [0.717, 1.165) is 28.8 Å². The summed E-state index contributed by atoms with van der Waals surface area (Å²) in [5.74, 6) is 1.28. The number of piperidine rings is 1. The van der Waals surface area contributed by atoms with Gasteiger partial charge in [-0.05, 0) is 48.3 Å². The molecule has 3 heterocycles. The zero-order chi connectivity index (χ0) is 19.8. The maximum atomic E-state index is 6.22. The van der Waals surface area contributed by atoms with Gasteiger partial charge in [-0.1, -0.05) is 47.6 Å². The molecule has 5 nitrogen and oxygen atoms in total. The smallest absolute Gasteiger partial charge is 0.147 e. The third-order valence-corrected chi connectivity index (χ3v) is 7.60. The molecule has 2 aliphatic rings. The number of nitrogen functional groups attached to an aromatic ring is 1. The van der Waals surface area contributed by atoms with Gasteiger partial charge in [0.2, 0.25) is 0 Å². The van der Waals surface area contributed by atoms with Crippen molar-refractivity contribution in [3.05, 3.63) is 65.1 Å². The predicted molar refractivity (Wildman–Crippen MR) is 118 cm³/mol. The first-order valence-electron chi connectivity index (χ1n) is 9.84. The highest BCUT2D eigenvalue weighted by atomic mass is 35.5. The van der Waals surface area contributed by atoms with Crippen molar-refractivity contribution in [2.45, 2.75) is 35.6 Å². The molecule has 7 heteroatoms. The number of benzene rings is 1. The van der Waals surface area contributed by atoms with Gasteiger partial charge < -0.3 is 10.6 Å². The van der Waals surface area contributed by atoms with Crippen LogP contribution in [-0.2, 0) is 12.8 Å². The summed E-state index contributed by atoms with van der Waals surface area (Å²) in [5, 5.41) is 1.25.